The SMILES string of the molecule is Cc1cc(C)c2c(-c3ccccc3)nc(SCC(=O)c3c(N)n(C4CC4)c(=O)[nH]c3=O)n2n1. The summed E-state index contributed by atoms with van der Waals surface area (Å²) in [5.41, 5.74) is 8.98. The van der Waals surface area contributed by atoms with Crippen LogP contribution in [-0.4, -0.2) is 35.7 Å². The number of nitrogens with zero attached hydrogens (tertiary/aromatic N) is 4. The van der Waals surface area contributed by atoms with Crippen molar-refractivity contribution < 1.29 is 4.79 Å². The highest BCUT2D eigenvalue weighted by molar-refractivity contribution is 7.99. The minimum atomic E-state index is -0.761. The third-order valence-electron chi connectivity index (χ3n) is 5.63. The Morgan fingerprint density at radius 2 is 1.94 bits per heavy atom. The number of H-pyrrole nitrogens is 1. The van der Waals surface area contributed by atoms with Gasteiger partial charge in [0.15, 0.2) is 10.9 Å². The van der Waals surface area contributed by atoms with Gasteiger partial charge in [0.05, 0.1) is 22.7 Å². The largest absolute Gasteiger partial charge is 0.384 e. The topological polar surface area (TPSA) is 128 Å². The number of aromatic amines is 1. The molecule has 3 heterocycles. The number of benzene rings is 1. The molecule has 0 atom stereocenters. The van der Waals surface area contributed by atoms with Crippen molar-refractivity contribution in [1.29, 1.82) is 0 Å². The molecule has 0 spiro atoms. The third-order valence-corrected chi connectivity index (χ3v) is 6.56. The number of hydrogen-bond acceptors (Lipinski definition) is 7. The van der Waals surface area contributed by atoms with Crippen molar-refractivity contribution >= 4 is 28.9 Å². The van der Waals surface area contributed by atoms with Gasteiger partial charge in [-0.25, -0.2) is 14.3 Å². The minimum absolute atomic E-state index is 0.0617. The summed E-state index contributed by atoms with van der Waals surface area (Å²) < 4.78 is 3.05. The van der Waals surface area contributed by atoms with Crippen LogP contribution < -0.4 is 17.0 Å². The van der Waals surface area contributed by atoms with Crippen LogP contribution >= 0.6 is 11.8 Å². The predicted octanol–water partition coefficient (Wildman–Crippen LogP) is 2.76. The lowest BCUT2D eigenvalue weighted by Crippen LogP contribution is -2.36. The lowest BCUT2D eigenvalue weighted by molar-refractivity contribution is 0.102. The molecule has 0 saturated heterocycles. The Bertz CT molecular complexity index is 1520. The van der Waals surface area contributed by atoms with Crippen LogP contribution in [0, 0.1) is 13.8 Å². The standard InChI is InChI=1S/C23H22N6O3S/c1-12-10-13(2)27-29-19(12)18(14-6-4-3-5-7-14)25-23(29)33-11-16(30)17-20(24)28(15-8-9-15)22(32)26-21(17)31/h3-7,10,15H,8-9,11,24H2,1-2H3,(H,26,31,32). The molecule has 9 nitrogen and oxygen atoms in total. The van der Waals surface area contributed by atoms with E-state index in [1.165, 1.54) is 16.3 Å². The normalized spacial score (nSPS) is 13.5. The highest BCUT2D eigenvalue weighted by Crippen LogP contribution is 2.35. The summed E-state index contributed by atoms with van der Waals surface area (Å²) in [5, 5.41) is 5.15. The minimum Gasteiger partial charge on any atom is -0.384 e. The van der Waals surface area contributed by atoms with E-state index in [4.69, 9.17) is 10.7 Å². The first-order valence-electron chi connectivity index (χ1n) is 10.6. The molecule has 1 aliphatic rings. The Labute approximate surface area is 192 Å². The van der Waals surface area contributed by atoms with Gasteiger partial charge in [-0.15, -0.1) is 0 Å². The van der Waals surface area contributed by atoms with E-state index in [-0.39, 0.29) is 23.2 Å². The van der Waals surface area contributed by atoms with Crippen LogP contribution in [0.5, 0.6) is 0 Å². The molecule has 1 aliphatic carbocycles. The zero-order valence-corrected chi connectivity index (χ0v) is 19.0. The first kappa shape index (κ1) is 21.2. The van der Waals surface area contributed by atoms with Gasteiger partial charge in [-0.2, -0.15) is 5.10 Å². The molecule has 33 heavy (non-hydrogen) atoms. The highest BCUT2D eigenvalue weighted by atomic mass is 32.2. The summed E-state index contributed by atoms with van der Waals surface area (Å²) in [6.07, 6.45) is 1.59. The van der Waals surface area contributed by atoms with Crippen LogP contribution in [0.3, 0.4) is 0 Å². The molecule has 4 aromatic rings. The Balaban J connectivity index is 1.52. The van der Waals surface area contributed by atoms with Crippen LogP contribution in [0.25, 0.3) is 16.8 Å². The van der Waals surface area contributed by atoms with Crippen molar-refractivity contribution in [3.8, 4) is 11.3 Å². The predicted molar refractivity (Wildman–Crippen MR) is 127 cm³/mol. The number of anilines is 1. The number of imidazole rings is 1. The van der Waals surface area contributed by atoms with E-state index in [1.807, 2.05) is 50.2 Å². The Kier molecular flexibility index (Phi) is 5.16. The van der Waals surface area contributed by atoms with E-state index in [1.54, 1.807) is 4.52 Å². The van der Waals surface area contributed by atoms with Gasteiger partial charge in [-0.1, -0.05) is 42.1 Å². The summed E-state index contributed by atoms with van der Waals surface area (Å²) in [7, 11) is 0. The van der Waals surface area contributed by atoms with Crippen molar-refractivity contribution in [3.05, 3.63) is 74.1 Å². The molecule has 1 saturated carbocycles. The van der Waals surface area contributed by atoms with E-state index < -0.39 is 17.0 Å². The van der Waals surface area contributed by atoms with E-state index in [2.05, 4.69) is 10.1 Å². The van der Waals surface area contributed by atoms with E-state index in [0.29, 0.717) is 5.16 Å². The smallest absolute Gasteiger partial charge is 0.330 e. The van der Waals surface area contributed by atoms with Crippen molar-refractivity contribution in [3.63, 3.8) is 0 Å². The number of thioether (sulfide) groups is 1. The van der Waals surface area contributed by atoms with Gasteiger partial charge >= 0.3 is 5.69 Å². The molecule has 1 fully saturated rings. The summed E-state index contributed by atoms with van der Waals surface area (Å²) >= 11 is 1.18. The van der Waals surface area contributed by atoms with Crippen LogP contribution in [0.15, 0.2) is 51.1 Å². The summed E-state index contributed by atoms with van der Waals surface area (Å²) in [6, 6.07) is 11.7. The fourth-order valence-electron chi connectivity index (χ4n) is 4.03. The molecule has 3 N–H and O–H groups in total. The van der Waals surface area contributed by atoms with Gasteiger partial charge in [0.25, 0.3) is 5.56 Å². The fourth-order valence-corrected chi connectivity index (χ4v) is 4.85. The van der Waals surface area contributed by atoms with E-state index >= 15 is 0 Å². The van der Waals surface area contributed by atoms with Gasteiger partial charge < -0.3 is 5.73 Å². The first-order chi connectivity index (χ1) is 15.8. The van der Waals surface area contributed by atoms with Crippen LogP contribution in [-0.2, 0) is 0 Å². The number of rotatable bonds is 6. The summed E-state index contributed by atoms with van der Waals surface area (Å²) in [5.74, 6) is -0.604. The number of nitrogen functional groups attached to an aromatic ring is 1. The molecular formula is C23H22N6O3S. The van der Waals surface area contributed by atoms with Crippen LogP contribution in [0.1, 0.15) is 40.5 Å². The average Bonchev–Trinajstić information content (AvgIpc) is 3.53. The lowest BCUT2D eigenvalue weighted by Gasteiger charge is -2.10. The number of nitrogens with one attached hydrogen (secondary N) is 1. The van der Waals surface area contributed by atoms with Crippen molar-refractivity contribution in [2.75, 3.05) is 11.5 Å². The maximum Gasteiger partial charge on any atom is 0.330 e. The number of nitrogens with two attached hydrogens (primary N) is 1. The number of fused-ring (bicyclic) bond motifs is 1. The van der Waals surface area contributed by atoms with Crippen molar-refractivity contribution in [2.24, 2.45) is 0 Å². The van der Waals surface area contributed by atoms with Gasteiger partial charge in [-0.05, 0) is 38.3 Å². The van der Waals surface area contributed by atoms with Gasteiger partial charge in [0.1, 0.15) is 11.4 Å². The number of carbonyl (C=O) groups is 1. The number of carbonyl (C=O) groups excluding carboxylic acids is 1. The monoisotopic (exact) mass is 462 g/mol. The maximum atomic E-state index is 13.0. The van der Waals surface area contributed by atoms with E-state index in [9.17, 15) is 14.4 Å². The molecule has 1 aromatic carbocycles. The number of aromatic nitrogens is 5. The van der Waals surface area contributed by atoms with E-state index in [0.717, 1.165) is 40.9 Å². The van der Waals surface area contributed by atoms with Crippen molar-refractivity contribution in [1.82, 2.24) is 24.1 Å². The molecule has 0 amide bonds. The number of hydrogen-bond donors (Lipinski definition) is 2. The van der Waals surface area contributed by atoms with Gasteiger partial charge in [0, 0.05) is 11.6 Å². The lowest BCUT2D eigenvalue weighted by atomic mass is 10.1. The quantitative estimate of drug-likeness (QED) is 0.333. The number of ketones is 1. The second kappa shape index (κ2) is 8.04. The first-order valence-corrected chi connectivity index (χ1v) is 11.6. The zero-order chi connectivity index (χ0) is 23.3. The molecule has 3 aromatic heterocycles. The molecule has 0 aliphatic heterocycles. The Morgan fingerprint density at radius 3 is 2.64 bits per heavy atom. The third kappa shape index (κ3) is 3.76. The fraction of sp³-hybridized carbons (Fsp3) is 0.261. The second-order valence-electron chi connectivity index (χ2n) is 8.17. The highest BCUT2D eigenvalue weighted by Gasteiger charge is 2.30. The molecular weight excluding hydrogens is 440 g/mol. The number of aryl methyl sites for hydroxylation is 2. The van der Waals surface area contributed by atoms with Crippen molar-refractivity contribution in [2.45, 2.75) is 37.9 Å². The molecule has 10 heteroatoms. The molecule has 0 radical (unpaired) electrons. The van der Waals surface area contributed by atoms with Crippen LogP contribution in [0.2, 0.25) is 0 Å². The second-order valence-corrected chi connectivity index (χ2v) is 9.11. The van der Waals surface area contributed by atoms with Gasteiger partial charge in [0.2, 0.25) is 0 Å². The average molecular weight is 463 g/mol. The molecule has 168 valence electrons. The molecule has 0 unspecified atom stereocenters. The van der Waals surface area contributed by atoms with Gasteiger partial charge in [-0.3, -0.25) is 19.1 Å². The summed E-state index contributed by atoms with van der Waals surface area (Å²) in [4.78, 5) is 44.5. The Morgan fingerprint density at radius 1 is 1.21 bits per heavy atom. The zero-order valence-electron chi connectivity index (χ0n) is 18.2. The molecule has 5 rings (SSSR count). The number of Topliss-reactive ketones (excluding diaryl/α,β-unsaturated/α-hetero) is 1. The van der Waals surface area contributed by atoms with Crippen LogP contribution in [0.4, 0.5) is 5.82 Å². The summed E-state index contributed by atoms with van der Waals surface area (Å²) in [6.45, 7) is 3.90. The Hall–Kier alpha value is -3.66. The molecule has 0 bridgehead atoms. The maximum absolute atomic E-state index is 13.0.